The normalized spacial score (nSPS) is 28.6. The highest BCUT2D eigenvalue weighted by Crippen LogP contribution is 2.31. The van der Waals surface area contributed by atoms with Crippen LogP contribution in [-0.4, -0.2) is 41.0 Å². The lowest BCUT2D eigenvalue weighted by Crippen LogP contribution is -2.39. The third kappa shape index (κ3) is 3.36. The molecule has 0 amide bonds. The summed E-state index contributed by atoms with van der Waals surface area (Å²) in [5.74, 6) is 0.943. The van der Waals surface area contributed by atoms with E-state index in [1.807, 2.05) is 6.92 Å². The van der Waals surface area contributed by atoms with E-state index in [0.717, 1.165) is 31.8 Å². The van der Waals surface area contributed by atoms with Crippen molar-refractivity contribution in [3.05, 3.63) is 0 Å². The van der Waals surface area contributed by atoms with E-state index in [1.165, 1.54) is 12.8 Å². The minimum absolute atomic E-state index is 0.337. The molecule has 0 saturated carbocycles. The van der Waals surface area contributed by atoms with Gasteiger partial charge < -0.3 is 5.11 Å². The van der Waals surface area contributed by atoms with E-state index in [1.54, 1.807) is 0 Å². The summed E-state index contributed by atoms with van der Waals surface area (Å²) >= 11 is 4.49. The molecule has 2 nitrogen and oxygen atoms in total. The van der Waals surface area contributed by atoms with Crippen LogP contribution in [0.4, 0.5) is 0 Å². The maximum absolute atomic E-state index is 9.92. The largest absolute Gasteiger partial charge is 0.389 e. The van der Waals surface area contributed by atoms with Gasteiger partial charge in [0.25, 0.3) is 0 Å². The van der Waals surface area contributed by atoms with Crippen LogP contribution in [-0.2, 0) is 0 Å². The number of hydrogen-bond donors (Lipinski definition) is 2. The number of β-amino-alcohol motifs (C(OH)–C–C–N with tert-alkyl or cyclic N) is 1. The average Bonchev–Trinajstić information content (AvgIpc) is 2.55. The van der Waals surface area contributed by atoms with Gasteiger partial charge in [0.2, 0.25) is 0 Å². The number of thiol groups is 1. The molecule has 0 aromatic rings. The molecule has 1 rings (SSSR count). The van der Waals surface area contributed by atoms with Crippen LogP contribution in [0.15, 0.2) is 0 Å². The molecule has 1 aliphatic rings. The Bertz CT molecular complexity index is 194. The molecule has 90 valence electrons. The highest BCUT2D eigenvalue weighted by atomic mass is 32.1. The molecule has 1 atom stereocenters. The summed E-state index contributed by atoms with van der Waals surface area (Å²) in [5.41, 5.74) is -0.132. The average molecular weight is 231 g/mol. The van der Waals surface area contributed by atoms with Crippen LogP contribution in [0.25, 0.3) is 0 Å². The van der Waals surface area contributed by atoms with E-state index in [2.05, 4.69) is 31.4 Å². The van der Waals surface area contributed by atoms with Gasteiger partial charge in [0.1, 0.15) is 0 Å². The zero-order chi connectivity index (χ0) is 11.5. The molecule has 3 heteroatoms. The maximum Gasteiger partial charge on any atom is 0.0758 e. The van der Waals surface area contributed by atoms with Crippen molar-refractivity contribution in [1.29, 1.82) is 0 Å². The fraction of sp³-hybridized carbons (Fsp3) is 1.00. The van der Waals surface area contributed by atoms with E-state index in [0.29, 0.717) is 5.41 Å². The highest BCUT2D eigenvalue weighted by molar-refractivity contribution is 7.80. The molecule has 0 aromatic heterocycles. The molecule has 1 aliphatic heterocycles. The summed E-state index contributed by atoms with van der Waals surface area (Å²) < 4.78 is 0. The lowest BCUT2D eigenvalue weighted by Gasteiger charge is -2.34. The Morgan fingerprint density at radius 1 is 1.40 bits per heavy atom. The second-order valence-electron chi connectivity index (χ2n) is 5.32. The van der Waals surface area contributed by atoms with Crippen LogP contribution in [0.1, 0.15) is 40.0 Å². The van der Waals surface area contributed by atoms with E-state index in [9.17, 15) is 5.11 Å². The van der Waals surface area contributed by atoms with Gasteiger partial charge in [-0.15, -0.1) is 0 Å². The van der Waals surface area contributed by atoms with Crippen molar-refractivity contribution in [3.8, 4) is 0 Å². The Balaban J connectivity index is 2.53. The topological polar surface area (TPSA) is 23.5 Å². The summed E-state index contributed by atoms with van der Waals surface area (Å²) in [6.45, 7) is 9.36. The molecule has 0 aliphatic carbocycles. The van der Waals surface area contributed by atoms with Gasteiger partial charge in [-0.05, 0) is 37.4 Å². The molecule has 1 saturated heterocycles. The summed E-state index contributed by atoms with van der Waals surface area (Å²) in [6, 6.07) is 0. The van der Waals surface area contributed by atoms with Crippen molar-refractivity contribution in [1.82, 2.24) is 4.90 Å². The predicted molar refractivity (Wildman–Crippen MR) is 68.5 cm³/mol. The number of likely N-dealkylation sites (tertiary alicyclic amines) is 1. The molecule has 0 radical (unpaired) electrons. The molecule has 15 heavy (non-hydrogen) atoms. The van der Waals surface area contributed by atoms with Gasteiger partial charge in [0.15, 0.2) is 0 Å². The number of aliphatic hydroxyl groups is 1. The Labute approximate surface area is 99.5 Å². The van der Waals surface area contributed by atoms with Crippen molar-refractivity contribution >= 4 is 12.6 Å². The van der Waals surface area contributed by atoms with Crippen molar-refractivity contribution in [3.63, 3.8) is 0 Å². The first-order valence-electron chi connectivity index (χ1n) is 6.02. The van der Waals surface area contributed by atoms with Crippen LogP contribution in [0, 0.1) is 5.41 Å². The minimum Gasteiger partial charge on any atom is -0.389 e. The quantitative estimate of drug-likeness (QED) is 0.709. The standard InChI is InChI=1S/C12H25NOS/c1-4-12(5-2,10-15)9-13-7-6-11(3,14)8-13/h14-15H,4-10H2,1-3H3. The van der Waals surface area contributed by atoms with Crippen LogP contribution in [0.5, 0.6) is 0 Å². The fourth-order valence-electron chi connectivity index (χ4n) is 2.40. The molecule has 1 heterocycles. The first-order valence-corrected chi connectivity index (χ1v) is 6.66. The van der Waals surface area contributed by atoms with Gasteiger partial charge in [-0.3, -0.25) is 4.90 Å². The molecule has 1 unspecified atom stereocenters. The van der Waals surface area contributed by atoms with E-state index < -0.39 is 5.60 Å². The summed E-state index contributed by atoms with van der Waals surface area (Å²) in [4.78, 5) is 2.39. The SMILES string of the molecule is CCC(CC)(CS)CN1CCC(C)(O)C1. The summed E-state index contributed by atoms with van der Waals surface area (Å²) in [7, 11) is 0. The van der Waals surface area contributed by atoms with Gasteiger partial charge in [0.05, 0.1) is 5.60 Å². The molecule has 1 fully saturated rings. The molecular formula is C12H25NOS. The minimum atomic E-state index is -0.468. The van der Waals surface area contributed by atoms with Gasteiger partial charge in [-0.25, -0.2) is 0 Å². The molecule has 0 spiro atoms. The monoisotopic (exact) mass is 231 g/mol. The van der Waals surface area contributed by atoms with Crippen LogP contribution >= 0.6 is 12.6 Å². The third-order valence-electron chi connectivity index (χ3n) is 3.93. The lowest BCUT2D eigenvalue weighted by molar-refractivity contribution is 0.0616. The maximum atomic E-state index is 9.92. The van der Waals surface area contributed by atoms with E-state index >= 15 is 0 Å². The number of nitrogens with zero attached hydrogens (tertiary/aromatic N) is 1. The lowest BCUT2D eigenvalue weighted by atomic mass is 9.84. The second kappa shape index (κ2) is 5.07. The van der Waals surface area contributed by atoms with Gasteiger partial charge in [-0.2, -0.15) is 12.6 Å². The van der Waals surface area contributed by atoms with Gasteiger partial charge in [0, 0.05) is 19.6 Å². The predicted octanol–water partition coefficient (Wildman–Crippen LogP) is 2.18. The third-order valence-corrected chi connectivity index (χ3v) is 4.60. The number of hydrogen-bond acceptors (Lipinski definition) is 3. The zero-order valence-electron chi connectivity index (χ0n) is 10.3. The van der Waals surface area contributed by atoms with Crippen molar-refractivity contribution < 1.29 is 5.11 Å². The Kier molecular flexibility index (Phi) is 4.50. The molecule has 0 aromatic carbocycles. The molecule has 1 N–H and O–H groups in total. The van der Waals surface area contributed by atoms with E-state index in [4.69, 9.17) is 0 Å². The number of rotatable bonds is 5. The smallest absolute Gasteiger partial charge is 0.0758 e. The van der Waals surface area contributed by atoms with Gasteiger partial charge in [-0.1, -0.05) is 13.8 Å². The van der Waals surface area contributed by atoms with E-state index in [-0.39, 0.29) is 0 Å². The van der Waals surface area contributed by atoms with Crippen molar-refractivity contribution in [2.24, 2.45) is 5.41 Å². The Morgan fingerprint density at radius 2 is 2.00 bits per heavy atom. The Hall–Kier alpha value is 0.270. The molecular weight excluding hydrogens is 206 g/mol. The first kappa shape index (κ1) is 13.3. The Morgan fingerprint density at radius 3 is 2.33 bits per heavy atom. The van der Waals surface area contributed by atoms with Gasteiger partial charge >= 0.3 is 0 Å². The first-order chi connectivity index (χ1) is 6.97. The van der Waals surface area contributed by atoms with Crippen molar-refractivity contribution in [2.45, 2.75) is 45.6 Å². The highest BCUT2D eigenvalue weighted by Gasteiger charge is 2.35. The summed E-state index contributed by atoms with van der Waals surface area (Å²) in [5, 5.41) is 9.92. The second-order valence-corrected chi connectivity index (χ2v) is 5.64. The van der Waals surface area contributed by atoms with Crippen molar-refractivity contribution in [2.75, 3.05) is 25.4 Å². The summed E-state index contributed by atoms with van der Waals surface area (Å²) in [6.07, 6.45) is 3.25. The molecule has 0 bridgehead atoms. The van der Waals surface area contributed by atoms with Crippen LogP contribution < -0.4 is 0 Å². The van der Waals surface area contributed by atoms with Crippen LogP contribution in [0.2, 0.25) is 0 Å². The zero-order valence-corrected chi connectivity index (χ0v) is 11.2. The fourth-order valence-corrected chi connectivity index (χ4v) is 2.94. The van der Waals surface area contributed by atoms with Crippen LogP contribution in [0.3, 0.4) is 0 Å².